The summed E-state index contributed by atoms with van der Waals surface area (Å²) in [6.45, 7) is 1.77. The number of carbonyl (C=O) groups excluding carboxylic acids is 1. The lowest BCUT2D eigenvalue weighted by atomic mass is 10.1. The summed E-state index contributed by atoms with van der Waals surface area (Å²) < 4.78 is 45.1. The lowest BCUT2D eigenvalue weighted by molar-refractivity contribution is -0.114. The molecule has 1 aliphatic rings. The molecular weight excluding hydrogens is 371 g/mol. The maximum Gasteiger partial charge on any atom is 0.272 e. The maximum atomic E-state index is 13.0. The Bertz CT molecular complexity index is 869. The summed E-state index contributed by atoms with van der Waals surface area (Å²) in [5.41, 5.74) is 0.692. The third-order valence-corrected chi connectivity index (χ3v) is 6.57. The van der Waals surface area contributed by atoms with Crippen LogP contribution in [-0.4, -0.2) is 48.5 Å². The molecule has 1 aromatic heterocycles. The van der Waals surface area contributed by atoms with Crippen LogP contribution in [0.1, 0.15) is 18.6 Å². The van der Waals surface area contributed by atoms with Gasteiger partial charge in [-0.1, -0.05) is 23.5 Å². The first-order chi connectivity index (χ1) is 11.9. The number of sulfonamides is 1. The van der Waals surface area contributed by atoms with Gasteiger partial charge in [-0.3, -0.25) is 4.79 Å². The first-order valence-corrected chi connectivity index (χ1v) is 9.60. The number of anilines is 1. The Hall–Kier alpha value is -1.95. The molecular formula is C14H15FN4O4S2. The first-order valence-electron chi connectivity index (χ1n) is 7.34. The van der Waals surface area contributed by atoms with Crippen molar-refractivity contribution >= 4 is 32.4 Å². The molecule has 1 unspecified atom stereocenters. The van der Waals surface area contributed by atoms with Crippen molar-refractivity contribution in [2.45, 2.75) is 17.4 Å². The van der Waals surface area contributed by atoms with Gasteiger partial charge in [0, 0.05) is 20.0 Å². The highest BCUT2D eigenvalue weighted by molar-refractivity contribution is 7.91. The van der Waals surface area contributed by atoms with E-state index < -0.39 is 16.1 Å². The lowest BCUT2D eigenvalue weighted by Crippen LogP contribution is -2.42. The third kappa shape index (κ3) is 4.00. The van der Waals surface area contributed by atoms with Gasteiger partial charge in [-0.2, -0.15) is 4.31 Å². The standard InChI is InChI=1S/C14H15FN4O4S2/c1-9(20)16-13-17-18-14(24-13)25(21,22)19-6-7-23-12(8-19)10-2-4-11(15)5-3-10/h2-5,12H,6-8H2,1H3,(H,16,17,20). The number of nitrogens with one attached hydrogen (secondary N) is 1. The molecule has 1 atom stereocenters. The lowest BCUT2D eigenvalue weighted by Gasteiger charge is -2.31. The van der Waals surface area contributed by atoms with Gasteiger partial charge < -0.3 is 10.1 Å². The quantitative estimate of drug-likeness (QED) is 0.797. The second-order valence-electron chi connectivity index (χ2n) is 5.33. The van der Waals surface area contributed by atoms with Crippen molar-refractivity contribution < 1.29 is 22.3 Å². The molecule has 0 aliphatic carbocycles. The molecule has 1 N–H and O–H groups in total. The molecule has 1 amide bonds. The molecule has 0 radical (unpaired) electrons. The van der Waals surface area contributed by atoms with Crippen LogP contribution in [0, 0.1) is 5.82 Å². The number of carbonyl (C=O) groups is 1. The molecule has 1 fully saturated rings. The highest BCUT2D eigenvalue weighted by Crippen LogP contribution is 2.28. The fraction of sp³-hybridized carbons (Fsp3) is 0.357. The van der Waals surface area contributed by atoms with Crippen molar-refractivity contribution in [2.24, 2.45) is 0 Å². The molecule has 1 aliphatic heterocycles. The summed E-state index contributed by atoms with van der Waals surface area (Å²) >= 11 is 0.787. The van der Waals surface area contributed by atoms with Gasteiger partial charge in [0.15, 0.2) is 0 Å². The van der Waals surface area contributed by atoms with Crippen molar-refractivity contribution in [1.82, 2.24) is 14.5 Å². The van der Waals surface area contributed by atoms with E-state index in [9.17, 15) is 17.6 Å². The number of ether oxygens (including phenoxy) is 1. The van der Waals surface area contributed by atoms with E-state index >= 15 is 0 Å². The Balaban J connectivity index is 1.78. The van der Waals surface area contributed by atoms with Crippen LogP contribution in [0.25, 0.3) is 0 Å². The predicted molar refractivity (Wildman–Crippen MR) is 88.1 cm³/mol. The average molecular weight is 386 g/mol. The second kappa shape index (κ2) is 7.12. The maximum absolute atomic E-state index is 13.0. The monoisotopic (exact) mass is 386 g/mol. The Kier molecular flexibility index (Phi) is 5.08. The van der Waals surface area contributed by atoms with E-state index in [4.69, 9.17) is 4.74 Å². The minimum Gasteiger partial charge on any atom is -0.371 e. The van der Waals surface area contributed by atoms with Crippen LogP contribution >= 0.6 is 11.3 Å². The van der Waals surface area contributed by atoms with E-state index in [2.05, 4.69) is 15.5 Å². The zero-order chi connectivity index (χ0) is 18.0. The first kappa shape index (κ1) is 17.9. The van der Waals surface area contributed by atoms with Gasteiger partial charge in [-0.15, -0.1) is 10.2 Å². The number of benzene rings is 1. The topological polar surface area (TPSA) is 101 Å². The van der Waals surface area contributed by atoms with Crippen molar-refractivity contribution in [2.75, 3.05) is 25.0 Å². The minimum absolute atomic E-state index is 0.0863. The summed E-state index contributed by atoms with van der Waals surface area (Å²) in [4.78, 5) is 11.0. The number of morpholine rings is 1. The second-order valence-corrected chi connectivity index (χ2v) is 8.42. The summed E-state index contributed by atoms with van der Waals surface area (Å²) in [6.07, 6.45) is -0.494. The van der Waals surface area contributed by atoms with Crippen LogP contribution in [0.15, 0.2) is 28.6 Å². The van der Waals surface area contributed by atoms with E-state index in [1.165, 1.54) is 23.4 Å². The largest absolute Gasteiger partial charge is 0.371 e. The Morgan fingerprint density at radius 2 is 2.08 bits per heavy atom. The van der Waals surface area contributed by atoms with Crippen molar-refractivity contribution in [3.8, 4) is 0 Å². The van der Waals surface area contributed by atoms with Gasteiger partial charge in [0.05, 0.1) is 12.7 Å². The molecule has 1 saturated heterocycles. The van der Waals surface area contributed by atoms with Crippen LogP contribution in [0.3, 0.4) is 0 Å². The molecule has 1 aromatic carbocycles. The molecule has 25 heavy (non-hydrogen) atoms. The van der Waals surface area contributed by atoms with Gasteiger partial charge in [0.1, 0.15) is 5.82 Å². The summed E-state index contributed by atoms with van der Waals surface area (Å²) in [6, 6.07) is 5.74. The normalized spacial score (nSPS) is 18.9. The van der Waals surface area contributed by atoms with Crippen LogP contribution in [0.4, 0.5) is 9.52 Å². The number of nitrogens with zero attached hydrogens (tertiary/aromatic N) is 3. The number of rotatable bonds is 4. The Morgan fingerprint density at radius 1 is 1.36 bits per heavy atom. The molecule has 11 heteroatoms. The van der Waals surface area contributed by atoms with Gasteiger partial charge >= 0.3 is 0 Å². The number of hydrogen-bond acceptors (Lipinski definition) is 7. The SMILES string of the molecule is CC(=O)Nc1nnc(S(=O)(=O)N2CCOC(c3ccc(F)cc3)C2)s1. The number of amides is 1. The van der Waals surface area contributed by atoms with Gasteiger partial charge in [-0.25, -0.2) is 12.8 Å². The molecule has 2 heterocycles. The number of halogens is 1. The van der Waals surface area contributed by atoms with Crippen molar-refractivity contribution in [3.63, 3.8) is 0 Å². The molecule has 0 saturated carbocycles. The zero-order valence-electron chi connectivity index (χ0n) is 13.2. The van der Waals surface area contributed by atoms with Crippen molar-refractivity contribution in [1.29, 1.82) is 0 Å². The van der Waals surface area contributed by atoms with Gasteiger partial charge in [0.2, 0.25) is 15.4 Å². The third-order valence-electron chi connectivity index (χ3n) is 3.52. The van der Waals surface area contributed by atoms with Crippen LogP contribution in [0.5, 0.6) is 0 Å². The smallest absolute Gasteiger partial charge is 0.272 e. The highest BCUT2D eigenvalue weighted by Gasteiger charge is 2.34. The Labute approximate surface area is 147 Å². The molecule has 0 bridgehead atoms. The molecule has 8 nitrogen and oxygen atoms in total. The van der Waals surface area contributed by atoms with Gasteiger partial charge in [0.25, 0.3) is 10.0 Å². The van der Waals surface area contributed by atoms with Crippen LogP contribution in [0.2, 0.25) is 0 Å². The minimum atomic E-state index is -3.85. The fourth-order valence-electron chi connectivity index (χ4n) is 2.35. The van der Waals surface area contributed by atoms with E-state index in [1.807, 2.05) is 0 Å². The predicted octanol–water partition coefficient (Wildman–Crippen LogP) is 1.40. The summed E-state index contributed by atoms with van der Waals surface area (Å²) in [5.74, 6) is -0.730. The number of hydrogen-bond donors (Lipinski definition) is 1. The average Bonchev–Trinajstić information content (AvgIpc) is 3.04. The van der Waals surface area contributed by atoms with Gasteiger partial charge in [-0.05, 0) is 17.7 Å². The van der Waals surface area contributed by atoms with E-state index in [-0.39, 0.29) is 40.9 Å². The summed E-state index contributed by atoms with van der Waals surface area (Å²) in [7, 11) is -3.85. The molecule has 0 spiro atoms. The fourth-order valence-corrected chi connectivity index (χ4v) is 4.86. The summed E-state index contributed by atoms with van der Waals surface area (Å²) in [5, 5.41) is 9.84. The molecule has 134 valence electrons. The Morgan fingerprint density at radius 3 is 2.76 bits per heavy atom. The van der Waals surface area contributed by atoms with E-state index in [0.29, 0.717) is 5.56 Å². The van der Waals surface area contributed by atoms with Crippen LogP contribution in [-0.2, 0) is 19.6 Å². The van der Waals surface area contributed by atoms with E-state index in [1.54, 1.807) is 12.1 Å². The molecule has 2 aromatic rings. The van der Waals surface area contributed by atoms with E-state index in [0.717, 1.165) is 11.3 Å². The van der Waals surface area contributed by atoms with Crippen molar-refractivity contribution in [3.05, 3.63) is 35.6 Å². The number of aromatic nitrogens is 2. The van der Waals surface area contributed by atoms with Crippen LogP contribution < -0.4 is 5.32 Å². The molecule has 3 rings (SSSR count). The zero-order valence-corrected chi connectivity index (χ0v) is 14.8. The highest BCUT2D eigenvalue weighted by atomic mass is 32.2.